The highest BCUT2D eigenvalue weighted by Crippen LogP contribution is 2.35. The zero-order valence-corrected chi connectivity index (χ0v) is 61.6. The Bertz CT molecular complexity index is 2990. The molecule has 1 saturated heterocycles. The maximum atomic E-state index is 12.5. The number of aromatic nitrogens is 3. The largest absolute Gasteiger partial charge is 0.513 e. The van der Waals surface area contributed by atoms with Gasteiger partial charge in [0.25, 0.3) is 0 Å². The average Bonchev–Trinajstić information content (AvgIpc) is 1.59. The highest BCUT2D eigenvalue weighted by Gasteiger charge is 2.25. The van der Waals surface area contributed by atoms with Crippen LogP contribution in [0.1, 0.15) is 111 Å². The summed E-state index contributed by atoms with van der Waals surface area (Å²) < 4.78 is 83.1. The van der Waals surface area contributed by atoms with Crippen LogP contribution < -0.4 is 20.3 Å². The molecule has 0 radical (unpaired) electrons. The number of anilines is 1. The van der Waals surface area contributed by atoms with E-state index in [1.54, 1.807) is 24.4 Å². The van der Waals surface area contributed by atoms with Crippen LogP contribution in [0, 0.1) is 0 Å². The number of aliphatic carboxylic acids is 1. The number of esters is 2. The van der Waals surface area contributed by atoms with Crippen LogP contribution in [0.5, 0.6) is 5.75 Å². The second kappa shape index (κ2) is 57.0. The number of aliphatic hydroxyl groups excluding tert-OH is 5. The van der Waals surface area contributed by atoms with Crippen molar-refractivity contribution in [3.05, 3.63) is 42.6 Å². The van der Waals surface area contributed by atoms with Crippen LogP contribution in [-0.2, 0) is 90.3 Å². The lowest BCUT2D eigenvalue weighted by Gasteiger charge is -2.27. The molecule has 35 nitrogen and oxygen atoms in total. The van der Waals surface area contributed by atoms with E-state index in [1.807, 2.05) is 45.9 Å². The van der Waals surface area contributed by atoms with Crippen LogP contribution >= 0.6 is 12.6 Å². The highest BCUT2D eigenvalue weighted by molar-refractivity contribution is 7.80. The van der Waals surface area contributed by atoms with Gasteiger partial charge in [-0.15, -0.1) is 0 Å². The molecule has 590 valence electrons. The molecule has 0 aliphatic carbocycles. The number of rotatable bonds is 48. The molecule has 1 aliphatic heterocycles. The molecule has 2 amide bonds. The van der Waals surface area contributed by atoms with Crippen molar-refractivity contribution in [1.82, 2.24) is 25.6 Å². The molecule has 0 saturated carbocycles. The number of furan rings is 1. The third-order valence-corrected chi connectivity index (χ3v) is 14.9. The summed E-state index contributed by atoms with van der Waals surface area (Å²) >= 11 is 3.95. The number of unbranched alkanes of at least 4 members (excludes halogenated alkanes) is 1. The molecule has 1 aromatic carbocycles. The van der Waals surface area contributed by atoms with E-state index >= 15 is 0 Å². The van der Waals surface area contributed by atoms with Crippen LogP contribution in [0.4, 0.5) is 15.4 Å². The number of fused-ring (bicyclic) bond motifs is 3. The van der Waals surface area contributed by atoms with Gasteiger partial charge < -0.3 is 122 Å². The second-order valence-corrected chi connectivity index (χ2v) is 22.8. The standard InChI is InChI=1S/C36H45N5O11.C13H25NO7S.C12H22O7.C7H16O4/c1-3-25(22-42)50-30(46-2)23-49-29(44)13-7-12-28(43)37-14-4-5-18-48-36(45)51-26-10-6-9-24(21-26)33-39-31-27-11-8-15-38-35(27)52-32(31)34(40-33)41-16-19-47-20-17-41;1-3-10(8-15)21-12(18-2)9-20-13(17)19-6-4-11(16)14-5-7-22;1-3-9(7-13)19-12(17-2)8-18-11(16)6-4-5-10(14)15;1-3-6(4-8)11-7(5-9)10-2/h6,8-11,15,21,25,30,42H,3-5,7,12-14,16-20,22-23H2,1-2H3,(H,37,43);10,12,15,22H,3-9H2,1-2H3,(H,14,16);9,12-13H,3-8H2,1-2H3,(H,14,15);6-9H,3-5H2,1-2H3. The van der Waals surface area contributed by atoms with Gasteiger partial charge in [-0.1, -0.05) is 39.8 Å². The molecule has 36 heteroatoms. The number of hydrogen-bond acceptors (Lipinski definition) is 33. The summed E-state index contributed by atoms with van der Waals surface area (Å²) in [5, 5.41) is 59.1. The number of methoxy groups -OCH3 is 4. The predicted molar refractivity (Wildman–Crippen MR) is 375 cm³/mol. The lowest BCUT2D eigenvalue weighted by Crippen LogP contribution is -2.37. The van der Waals surface area contributed by atoms with Crippen molar-refractivity contribution in [2.45, 2.75) is 161 Å². The number of carbonyl (C=O) groups excluding carboxylic acids is 6. The monoisotopic (exact) mass is 1500 g/mol. The quantitative estimate of drug-likeness (QED) is 0.00717. The fourth-order valence-electron chi connectivity index (χ4n) is 8.63. The van der Waals surface area contributed by atoms with Crippen LogP contribution in [0.25, 0.3) is 33.6 Å². The van der Waals surface area contributed by atoms with E-state index in [2.05, 4.69) is 33.1 Å². The van der Waals surface area contributed by atoms with Gasteiger partial charge in [0.1, 0.15) is 37.7 Å². The first-order valence-corrected chi connectivity index (χ1v) is 35.0. The summed E-state index contributed by atoms with van der Waals surface area (Å²) in [4.78, 5) is 96.9. The maximum absolute atomic E-state index is 12.5. The minimum absolute atomic E-state index is 0.0416. The van der Waals surface area contributed by atoms with E-state index in [-0.39, 0.29) is 140 Å². The number of pyridine rings is 1. The number of carboxylic acid groups (broad SMARTS) is 1. The number of carbonyl (C=O) groups is 7. The van der Waals surface area contributed by atoms with Crippen LogP contribution in [0.15, 0.2) is 47.0 Å². The number of morpholine rings is 1. The van der Waals surface area contributed by atoms with E-state index < -0.39 is 61.5 Å². The topological polar surface area (TPSA) is 458 Å². The van der Waals surface area contributed by atoms with E-state index in [4.69, 9.17) is 111 Å². The first kappa shape index (κ1) is 92.8. The number of aliphatic hydroxyl groups is 5. The van der Waals surface area contributed by atoms with E-state index in [1.165, 1.54) is 28.4 Å². The third-order valence-electron chi connectivity index (χ3n) is 14.6. The Balaban J connectivity index is 0.000000578. The molecule has 8 N–H and O–H groups in total. The van der Waals surface area contributed by atoms with E-state index in [0.717, 1.165) is 5.39 Å². The Labute approximate surface area is 610 Å². The minimum atomic E-state index is -0.945. The van der Waals surface area contributed by atoms with Gasteiger partial charge in [-0.25, -0.2) is 24.5 Å². The van der Waals surface area contributed by atoms with Gasteiger partial charge in [-0.3, -0.25) is 24.0 Å². The smallest absolute Gasteiger partial charge is 0.481 e. The van der Waals surface area contributed by atoms with Crippen LogP contribution in [0.2, 0.25) is 0 Å². The molecule has 4 heterocycles. The first-order valence-electron chi connectivity index (χ1n) is 34.3. The molecule has 3 aromatic heterocycles. The molecule has 8 unspecified atom stereocenters. The zero-order valence-electron chi connectivity index (χ0n) is 60.7. The molecule has 5 rings (SSSR count). The number of hydrogen-bond donors (Lipinski definition) is 9. The fourth-order valence-corrected chi connectivity index (χ4v) is 8.74. The summed E-state index contributed by atoms with van der Waals surface area (Å²) in [5.74, 6) is -0.443. The van der Waals surface area contributed by atoms with Crippen molar-refractivity contribution in [2.75, 3.05) is 145 Å². The molecule has 4 aromatic rings. The molecule has 0 spiro atoms. The van der Waals surface area contributed by atoms with Gasteiger partial charge in [-0.2, -0.15) is 12.6 Å². The predicted octanol–water partition coefficient (Wildman–Crippen LogP) is 4.78. The fraction of sp³-hybridized carbons (Fsp3) is 0.676. The Morgan fingerprint density at radius 3 is 1.61 bits per heavy atom. The number of amides is 2. The normalized spacial score (nSPS) is 14.2. The lowest BCUT2D eigenvalue weighted by molar-refractivity contribution is -0.194. The SMILES string of the molecule is CCC(CO)OC(CO)OC.CCC(CO)OC(COC(=O)CCCC(=O)NCCCCOC(=O)Oc1cccc(-c2nc(N3CCOCC3)c3oc4ncccc4c3n2)c1)OC.CCC(CO)OC(COC(=O)CCCC(=O)O)OC.CCC(CO)OC(COC(=O)OCCC(=O)NCCS)OC. The highest BCUT2D eigenvalue weighted by atomic mass is 32.1. The minimum Gasteiger partial charge on any atom is -0.481 e. The number of benzene rings is 1. The summed E-state index contributed by atoms with van der Waals surface area (Å²) in [6.45, 7) is 9.73. The number of thiol groups is 1. The number of nitrogens with zero attached hydrogens (tertiary/aromatic N) is 4. The number of ether oxygens (including phenoxy) is 15. The van der Waals surface area contributed by atoms with E-state index in [0.29, 0.717) is 124 Å². The molecular formula is C68H108N6O29S. The van der Waals surface area contributed by atoms with Crippen molar-refractivity contribution in [3.63, 3.8) is 0 Å². The summed E-state index contributed by atoms with van der Waals surface area (Å²) in [7, 11) is 5.68. The van der Waals surface area contributed by atoms with Gasteiger partial charge in [-0.05, 0) is 75.6 Å². The second-order valence-electron chi connectivity index (χ2n) is 22.3. The van der Waals surface area contributed by atoms with Gasteiger partial charge >= 0.3 is 30.2 Å². The van der Waals surface area contributed by atoms with Crippen LogP contribution in [0.3, 0.4) is 0 Å². The lowest BCUT2D eigenvalue weighted by atomic mass is 10.2. The van der Waals surface area contributed by atoms with Gasteiger partial charge in [0.15, 0.2) is 42.4 Å². The summed E-state index contributed by atoms with van der Waals surface area (Å²) in [5.41, 5.74) is 2.30. The Kier molecular flexibility index (Phi) is 50.9. The van der Waals surface area contributed by atoms with E-state index in [9.17, 15) is 38.7 Å². The Hall–Kier alpha value is -7.27. The van der Waals surface area contributed by atoms with Crippen molar-refractivity contribution in [1.29, 1.82) is 0 Å². The summed E-state index contributed by atoms with van der Waals surface area (Å²) in [6.07, 6.45) is -0.0283. The molecule has 8 atom stereocenters. The Morgan fingerprint density at radius 2 is 1.09 bits per heavy atom. The molecule has 1 aliphatic rings. The average molecular weight is 1510 g/mol. The molecular weight excluding hydrogens is 1400 g/mol. The Morgan fingerprint density at radius 1 is 0.567 bits per heavy atom. The van der Waals surface area contributed by atoms with Crippen LogP contribution in [-0.4, -0.2) is 277 Å². The van der Waals surface area contributed by atoms with Gasteiger partial charge in [0, 0.05) is 97.8 Å². The summed E-state index contributed by atoms with van der Waals surface area (Å²) in [6, 6.07) is 10.6. The van der Waals surface area contributed by atoms with Gasteiger partial charge in [0.2, 0.25) is 17.5 Å². The molecule has 0 bridgehead atoms. The molecule has 104 heavy (non-hydrogen) atoms. The maximum Gasteiger partial charge on any atom is 0.513 e. The van der Waals surface area contributed by atoms with Crippen molar-refractivity contribution in [3.8, 4) is 17.1 Å². The number of carboxylic acids is 1. The number of nitrogens with one attached hydrogen (secondary N) is 2. The zero-order chi connectivity index (χ0) is 76.9. The first-order chi connectivity index (χ1) is 50.2. The van der Waals surface area contributed by atoms with Crippen molar-refractivity contribution < 1.29 is 140 Å². The van der Waals surface area contributed by atoms with Crippen molar-refractivity contribution in [2.24, 2.45) is 0 Å². The van der Waals surface area contributed by atoms with Gasteiger partial charge in [0.05, 0.1) is 89.1 Å². The molecule has 1 fully saturated rings. The van der Waals surface area contributed by atoms with Crippen molar-refractivity contribution >= 4 is 82.7 Å². The third kappa shape index (κ3) is 39.2.